The Bertz CT molecular complexity index is 2490. The first-order chi connectivity index (χ1) is 25.8. The Labute approximate surface area is 305 Å². The molecule has 0 heterocycles. The van der Waals surface area contributed by atoms with Crippen LogP contribution in [0.5, 0.6) is 0 Å². The molecule has 0 aromatic heterocycles. The van der Waals surface area contributed by atoms with E-state index in [1.807, 2.05) is 0 Å². The van der Waals surface area contributed by atoms with Crippen molar-refractivity contribution >= 4 is 39.7 Å². The van der Waals surface area contributed by atoms with Crippen LogP contribution < -0.4 is 9.80 Å². The fraction of sp³-hybridized carbons (Fsp3) is 0.0400. The molecule has 246 valence electrons. The monoisotopic (exact) mass is 664 g/mol. The SMILES string of the molecule is C1=CCC2=C(C=C1)c1ccccc1C21c2ccccc2-c2ccc(N(c3ccccc3)c3ccc(N(c4ccccc4)c4ccccc4)cc3)cc21. The van der Waals surface area contributed by atoms with Crippen molar-refractivity contribution in [3.63, 3.8) is 0 Å². The Morgan fingerprint density at radius 2 is 0.808 bits per heavy atom. The Kier molecular flexibility index (Phi) is 7.14. The number of rotatable bonds is 6. The summed E-state index contributed by atoms with van der Waals surface area (Å²) in [5, 5.41) is 0. The van der Waals surface area contributed by atoms with Crippen LogP contribution in [0.4, 0.5) is 34.1 Å². The first-order valence-corrected chi connectivity index (χ1v) is 18.1. The number of allylic oxidation sites excluding steroid dienone is 6. The van der Waals surface area contributed by atoms with Crippen molar-refractivity contribution in [3.05, 3.63) is 234 Å². The van der Waals surface area contributed by atoms with Crippen LogP contribution in [-0.2, 0) is 5.41 Å². The third kappa shape index (κ3) is 4.58. The molecule has 7 aromatic carbocycles. The first-order valence-electron chi connectivity index (χ1n) is 18.1. The lowest BCUT2D eigenvalue weighted by Crippen LogP contribution is -2.27. The van der Waals surface area contributed by atoms with Gasteiger partial charge in [-0.1, -0.05) is 133 Å². The number of para-hydroxylation sites is 3. The highest BCUT2D eigenvalue weighted by atomic mass is 15.2. The molecule has 0 amide bonds. The van der Waals surface area contributed by atoms with Crippen LogP contribution in [0, 0.1) is 0 Å². The van der Waals surface area contributed by atoms with Crippen LogP contribution in [0.2, 0.25) is 0 Å². The zero-order valence-corrected chi connectivity index (χ0v) is 28.7. The van der Waals surface area contributed by atoms with Crippen molar-refractivity contribution in [2.24, 2.45) is 0 Å². The standard InChI is InChI=1S/C50H36N2/c1-5-17-36(18-6-1)51(37-19-7-2-8-20-37)39-29-31-40(32-30-39)52(38-21-9-3-10-22-38)41-33-34-45-44-25-14-16-28-48(44)50(49(45)35-41)46-26-12-4-11-23-42(46)43-24-13-15-27-47(43)50/h1-25,27-35H,26H2. The molecular weight excluding hydrogens is 629 g/mol. The van der Waals surface area contributed by atoms with Gasteiger partial charge < -0.3 is 9.80 Å². The maximum atomic E-state index is 2.47. The summed E-state index contributed by atoms with van der Waals surface area (Å²) in [6.45, 7) is 0. The lowest BCUT2D eigenvalue weighted by molar-refractivity contribution is 0.747. The van der Waals surface area contributed by atoms with Crippen molar-refractivity contribution < 1.29 is 0 Å². The Hall–Kier alpha value is -6.64. The van der Waals surface area contributed by atoms with E-state index >= 15 is 0 Å². The van der Waals surface area contributed by atoms with E-state index in [0.717, 1.165) is 40.5 Å². The molecule has 1 spiro atoms. The molecule has 3 aliphatic carbocycles. The summed E-state index contributed by atoms with van der Waals surface area (Å²) in [6.07, 6.45) is 9.95. The highest BCUT2D eigenvalue weighted by Gasteiger charge is 2.52. The van der Waals surface area contributed by atoms with Crippen LogP contribution in [-0.4, -0.2) is 0 Å². The maximum Gasteiger partial charge on any atom is 0.0692 e. The molecule has 2 heteroatoms. The van der Waals surface area contributed by atoms with Gasteiger partial charge in [0.15, 0.2) is 0 Å². The van der Waals surface area contributed by atoms with Gasteiger partial charge in [0.2, 0.25) is 0 Å². The molecule has 1 unspecified atom stereocenters. The molecule has 3 aliphatic rings. The van der Waals surface area contributed by atoms with Crippen molar-refractivity contribution in [2.45, 2.75) is 11.8 Å². The average Bonchev–Trinajstić information content (AvgIpc) is 3.51. The highest BCUT2D eigenvalue weighted by molar-refractivity contribution is 5.98. The minimum absolute atomic E-state index is 0.370. The van der Waals surface area contributed by atoms with Crippen molar-refractivity contribution in [1.29, 1.82) is 0 Å². The fourth-order valence-corrected chi connectivity index (χ4v) is 8.84. The summed E-state index contributed by atoms with van der Waals surface area (Å²) in [7, 11) is 0. The fourth-order valence-electron chi connectivity index (χ4n) is 8.84. The minimum Gasteiger partial charge on any atom is -0.311 e. The molecule has 1 atom stereocenters. The predicted octanol–water partition coefficient (Wildman–Crippen LogP) is 13.2. The smallest absolute Gasteiger partial charge is 0.0692 e. The second kappa shape index (κ2) is 12.3. The first kappa shape index (κ1) is 30.2. The van der Waals surface area contributed by atoms with Crippen LogP contribution in [0.15, 0.2) is 212 Å². The molecule has 0 saturated heterocycles. The van der Waals surface area contributed by atoms with Gasteiger partial charge in [0.05, 0.1) is 5.41 Å². The Morgan fingerprint density at radius 3 is 1.40 bits per heavy atom. The van der Waals surface area contributed by atoms with Gasteiger partial charge in [-0.15, -0.1) is 0 Å². The molecular formula is C50H36N2. The molecule has 0 aliphatic heterocycles. The summed E-state index contributed by atoms with van der Waals surface area (Å²) in [6, 6.07) is 66.2. The number of hydrogen-bond donors (Lipinski definition) is 0. The van der Waals surface area contributed by atoms with E-state index in [4.69, 9.17) is 0 Å². The van der Waals surface area contributed by atoms with E-state index in [1.54, 1.807) is 0 Å². The third-order valence-electron chi connectivity index (χ3n) is 10.9. The molecule has 0 radical (unpaired) electrons. The van der Waals surface area contributed by atoms with Gasteiger partial charge in [0.25, 0.3) is 0 Å². The lowest BCUT2D eigenvalue weighted by atomic mass is 9.68. The lowest BCUT2D eigenvalue weighted by Gasteiger charge is -2.34. The molecule has 0 bridgehead atoms. The van der Waals surface area contributed by atoms with Gasteiger partial charge >= 0.3 is 0 Å². The number of hydrogen-bond acceptors (Lipinski definition) is 2. The predicted molar refractivity (Wildman–Crippen MR) is 217 cm³/mol. The number of anilines is 6. The molecule has 2 nitrogen and oxygen atoms in total. The molecule has 0 N–H and O–H groups in total. The largest absolute Gasteiger partial charge is 0.311 e. The van der Waals surface area contributed by atoms with Gasteiger partial charge in [0, 0.05) is 34.1 Å². The van der Waals surface area contributed by atoms with E-state index in [1.165, 1.54) is 44.5 Å². The second-order valence-corrected chi connectivity index (χ2v) is 13.6. The summed E-state index contributed by atoms with van der Waals surface area (Å²) in [5.41, 5.74) is 17.2. The van der Waals surface area contributed by atoms with Crippen molar-refractivity contribution in [3.8, 4) is 11.1 Å². The number of fused-ring (bicyclic) bond motifs is 9. The summed E-state index contributed by atoms with van der Waals surface area (Å²) < 4.78 is 0. The highest BCUT2D eigenvalue weighted by Crippen LogP contribution is 2.63. The molecule has 10 rings (SSSR count). The topological polar surface area (TPSA) is 6.48 Å². The van der Waals surface area contributed by atoms with Crippen molar-refractivity contribution in [2.75, 3.05) is 9.80 Å². The summed E-state index contributed by atoms with van der Waals surface area (Å²) >= 11 is 0. The van der Waals surface area contributed by atoms with Crippen LogP contribution in [0.1, 0.15) is 28.7 Å². The Balaban J connectivity index is 1.15. The Morgan fingerprint density at radius 1 is 0.365 bits per heavy atom. The van der Waals surface area contributed by atoms with Crippen LogP contribution >= 0.6 is 0 Å². The van der Waals surface area contributed by atoms with E-state index in [2.05, 4.69) is 216 Å². The van der Waals surface area contributed by atoms with Gasteiger partial charge in [-0.2, -0.15) is 0 Å². The number of benzene rings is 7. The van der Waals surface area contributed by atoms with E-state index in [-0.39, 0.29) is 5.41 Å². The zero-order valence-electron chi connectivity index (χ0n) is 28.7. The number of nitrogens with zero attached hydrogens (tertiary/aromatic N) is 2. The van der Waals surface area contributed by atoms with Gasteiger partial charge in [-0.25, -0.2) is 0 Å². The van der Waals surface area contributed by atoms with E-state index < -0.39 is 0 Å². The summed E-state index contributed by atoms with van der Waals surface area (Å²) in [4.78, 5) is 4.71. The zero-order chi connectivity index (χ0) is 34.5. The van der Waals surface area contributed by atoms with Crippen LogP contribution in [0.3, 0.4) is 0 Å². The van der Waals surface area contributed by atoms with Gasteiger partial charge in [-0.05, 0) is 124 Å². The van der Waals surface area contributed by atoms with Gasteiger partial charge in [0.1, 0.15) is 0 Å². The molecule has 7 aromatic rings. The normalized spacial score (nSPS) is 16.2. The third-order valence-corrected chi connectivity index (χ3v) is 10.9. The quantitative estimate of drug-likeness (QED) is 0.175. The molecule has 0 fully saturated rings. The van der Waals surface area contributed by atoms with E-state index in [0.29, 0.717) is 0 Å². The molecule has 52 heavy (non-hydrogen) atoms. The summed E-state index contributed by atoms with van der Waals surface area (Å²) in [5.74, 6) is 0. The average molecular weight is 665 g/mol. The maximum absolute atomic E-state index is 2.47. The van der Waals surface area contributed by atoms with Gasteiger partial charge in [-0.3, -0.25) is 0 Å². The second-order valence-electron chi connectivity index (χ2n) is 13.6. The van der Waals surface area contributed by atoms with E-state index in [9.17, 15) is 0 Å². The minimum atomic E-state index is -0.370. The molecule has 0 saturated carbocycles. The van der Waals surface area contributed by atoms with Crippen LogP contribution in [0.25, 0.3) is 16.7 Å². The van der Waals surface area contributed by atoms with Crippen molar-refractivity contribution in [1.82, 2.24) is 0 Å².